The summed E-state index contributed by atoms with van der Waals surface area (Å²) in [6.45, 7) is 0.635. The van der Waals surface area contributed by atoms with Crippen LogP contribution >= 0.6 is 0 Å². The molecule has 5 fully saturated rings. The van der Waals surface area contributed by atoms with Gasteiger partial charge in [-0.25, -0.2) is 4.79 Å². The van der Waals surface area contributed by atoms with E-state index in [1.165, 1.54) is 148 Å². The Morgan fingerprint density at radius 1 is 0.460 bits per heavy atom. The van der Waals surface area contributed by atoms with Crippen LogP contribution in [-0.2, 0) is 66.5 Å². The van der Waals surface area contributed by atoms with Gasteiger partial charge in [-0.2, -0.15) is 0 Å². The lowest BCUT2D eigenvalue weighted by Gasteiger charge is -2.52. The number of aliphatic carboxylic acids is 1. The first kappa shape index (κ1) is 100. The second kappa shape index (κ2) is 54.7. The first-order valence-electron chi connectivity index (χ1n) is 42.1. The van der Waals surface area contributed by atoms with Gasteiger partial charge in [-0.15, -0.1) is 0 Å². The van der Waals surface area contributed by atoms with Crippen LogP contribution in [0.4, 0.5) is 0 Å². The third-order valence-corrected chi connectivity index (χ3v) is 22.1. The van der Waals surface area contributed by atoms with Crippen molar-refractivity contribution in [3.63, 3.8) is 0 Å². The van der Waals surface area contributed by atoms with Crippen LogP contribution < -0.4 is 16.0 Å². The highest BCUT2D eigenvalue weighted by atomic mass is 16.8. The maximum atomic E-state index is 13.5. The van der Waals surface area contributed by atoms with Crippen LogP contribution in [0.3, 0.4) is 0 Å². The topological polar surface area (TPSA) is 541 Å². The Morgan fingerprint density at radius 2 is 0.850 bits per heavy atom. The van der Waals surface area contributed by atoms with Crippen molar-refractivity contribution < 1.29 is 153 Å². The number of hydrogen-bond acceptors (Lipinski definition) is 30. The Labute approximate surface area is 665 Å². The first-order chi connectivity index (χ1) is 54.3. The normalized spacial score (nSPS) is 33.4. The predicted octanol–water partition coefficient (Wildman–Crippen LogP) is 1.30. The van der Waals surface area contributed by atoms with E-state index in [4.69, 9.17) is 47.4 Å². The molecule has 0 bridgehead atoms. The molecular formula is C79H143N3O31. The number of unbranched alkanes of at least 4 members (excludes halogenated alkanes) is 31. The number of carbonyl (C=O) groups is 4. The molecule has 0 spiro atoms. The zero-order valence-corrected chi connectivity index (χ0v) is 67.1. The van der Waals surface area contributed by atoms with Crippen molar-refractivity contribution >= 4 is 23.7 Å². The highest BCUT2D eigenvalue weighted by molar-refractivity contribution is 5.77. The molecule has 5 aliphatic rings. The summed E-state index contributed by atoms with van der Waals surface area (Å²) in [5.41, 5.74) is 0. The molecule has 10 unspecified atom stereocenters. The quantitative estimate of drug-likeness (QED) is 0.0301. The van der Waals surface area contributed by atoms with Crippen molar-refractivity contribution in [2.45, 2.75) is 424 Å². The Balaban J connectivity index is 1.20. The molecule has 20 N–H and O–H groups in total. The predicted molar refractivity (Wildman–Crippen MR) is 406 cm³/mol. The number of allylic oxidation sites excluding steroid dienone is 1. The lowest BCUT2D eigenvalue weighted by molar-refractivity contribution is -0.390. The average Bonchev–Trinajstić information content (AvgIpc) is 0.759. The number of aliphatic hydroxyl groups is 16. The molecule has 5 aliphatic heterocycles. The fraction of sp³-hybridized carbons (Fsp3) is 0.924. The van der Waals surface area contributed by atoms with Crippen LogP contribution in [-0.4, -0.2) is 321 Å². The van der Waals surface area contributed by atoms with Crippen LogP contribution in [0.25, 0.3) is 0 Å². The number of rotatable bonds is 58. The highest BCUT2D eigenvalue weighted by Gasteiger charge is 2.61. The number of hydrogen-bond donors (Lipinski definition) is 20. The summed E-state index contributed by atoms with van der Waals surface area (Å²) in [7, 11) is 0. The fourth-order valence-electron chi connectivity index (χ4n) is 15.4. The van der Waals surface area contributed by atoms with Gasteiger partial charge in [0, 0.05) is 26.7 Å². The Hall–Kier alpha value is -3.42. The molecule has 34 heteroatoms. The van der Waals surface area contributed by atoms with Crippen molar-refractivity contribution in [2.75, 3.05) is 39.6 Å². The number of carboxylic acid groups (broad SMARTS) is 1. The number of aliphatic hydroxyl groups excluding tert-OH is 16. The third kappa shape index (κ3) is 32.6. The summed E-state index contributed by atoms with van der Waals surface area (Å²) in [6.07, 6.45) is -6.02. The van der Waals surface area contributed by atoms with Crippen molar-refractivity contribution in [2.24, 2.45) is 0 Å². The van der Waals surface area contributed by atoms with Crippen molar-refractivity contribution in [1.82, 2.24) is 16.0 Å². The SMILES string of the molecule is CCCCCCCCCCCCC/C=C/[C@@H](O)[C@H](CO[C@@H]1OC(CO)[C@@H](O[C@@H]2OC(CO)[C@H](O[C@@H]3OC(CO)[C@H](O)[C@H](O[C@@H]4OC(CO)[C@H](O)[C@H](O[C@]5(C(=O)O)CC(O)[C@@H](NC(C)=O)C([C@H](O)[C@H](O)CO)O5)C4NC(C)=O)C3O)[C@H](O)C2O)[C@H](O)C1O)NC(=O)CCCCCCCCCCCCCCCCCCCCCCC. The van der Waals surface area contributed by atoms with Crippen LogP contribution in [0.15, 0.2) is 12.2 Å². The molecular weight excluding hydrogens is 1490 g/mol. The molecule has 660 valence electrons. The fourth-order valence-corrected chi connectivity index (χ4v) is 15.4. The van der Waals surface area contributed by atoms with E-state index in [0.29, 0.717) is 12.8 Å². The molecule has 113 heavy (non-hydrogen) atoms. The van der Waals surface area contributed by atoms with Crippen molar-refractivity contribution in [3.8, 4) is 0 Å². The first-order valence-corrected chi connectivity index (χ1v) is 42.1. The Bertz CT molecular complexity index is 2610. The van der Waals surface area contributed by atoms with Crippen molar-refractivity contribution in [3.05, 3.63) is 12.2 Å². The molecule has 0 aromatic heterocycles. The second-order valence-electron chi connectivity index (χ2n) is 31.4. The van der Waals surface area contributed by atoms with E-state index >= 15 is 0 Å². The van der Waals surface area contributed by atoms with Gasteiger partial charge in [-0.3, -0.25) is 14.4 Å². The monoisotopic (exact) mass is 1630 g/mol. The summed E-state index contributed by atoms with van der Waals surface area (Å²) in [4.78, 5) is 52.0. The van der Waals surface area contributed by atoms with Gasteiger partial charge in [-0.1, -0.05) is 219 Å². The van der Waals surface area contributed by atoms with Gasteiger partial charge < -0.3 is 150 Å². The highest BCUT2D eigenvalue weighted by Crippen LogP contribution is 2.40. The van der Waals surface area contributed by atoms with E-state index in [0.717, 1.165) is 65.2 Å². The smallest absolute Gasteiger partial charge is 0.364 e. The average molecular weight is 1630 g/mol. The molecule has 0 aromatic carbocycles. The summed E-state index contributed by atoms with van der Waals surface area (Å²) in [5.74, 6) is -7.38. The molecule has 28 atom stereocenters. The number of amides is 3. The third-order valence-electron chi connectivity index (χ3n) is 22.1. The Kier molecular flexibility index (Phi) is 48.5. The number of ether oxygens (including phenoxy) is 10. The zero-order chi connectivity index (χ0) is 83.0. The number of nitrogens with one attached hydrogen (secondary N) is 3. The maximum absolute atomic E-state index is 13.5. The number of carbonyl (C=O) groups excluding carboxylic acids is 3. The Morgan fingerprint density at radius 3 is 1.29 bits per heavy atom. The van der Waals surface area contributed by atoms with Crippen LogP contribution in [0.5, 0.6) is 0 Å². The lowest BCUT2D eigenvalue weighted by atomic mass is 9.88. The van der Waals surface area contributed by atoms with Crippen LogP contribution in [0, 0.1) is 0 Å². The van der Waals surface area contributed by atoms with E-state index in [1.54, 1.807) is 6.08 Å². The minimum atomic E-state index is -3.20. The van der Waals surface area contributed by atoms with Crippen LogP contribution in [0.1, 0.15) is 252 Å². The zero-order valence-electron chi connectivity index (χ0n) is 67.1. The molecule has 34 nitrogen and oxygen atoms in total. The largest absolute Gasteiger partial charge is 0.477 e. The summed E-state index contributed by atoms with van der Waals surface area (Å²) in [5, 5.41) is 196. The molecule has 5 rings (SSSR count). The van der Waals surface area contributed by atoms with Gasteiger partial charge in [0.25, 0.3) is 5.79 Å². The molecule has 0 aliphatic carbocycles. The van der Waals surface area contributed by atoms with Crippen molar-refractivity contribution in [1.29, 1.82) is 0 Å². The molecule has 0 radical (unpaired) electrons. The summed E-state index contributed by atoms with van der Waals surface area (Å²) in [6, 6.07) is -4.72. The standard InChI is InChI=1S/C79H143N3O31/c1-5-7-9-11-13-15-17-19-20-21-22-23-24-25-26-28-30-32-34-36-38-40-58(93)82-50(51(90)39-37-35-33-31-29-27-18-16-14-12-10-8-6-2)47-104-75-66(99)64(97)69(56(45-86)107-75)109-76-67(100)65(98)70(57(46-87)108-76)110-77-68(101)73(63(96)55(44-85)106-77)111-74-60(81-49(4)89)72(62(95)54(43-84)105-74)113-79(78(102)103)41-52(91)59(80-48(3)88)71(112-79)61(94)53(92)42-83/h37,39,50-57,59-77,83-87,90-92,94-101H,5-36,38,40-47H2,1-4H3,(H,80,88)(H,81,89)(H,82,93)(H,102,103)/b39-37+/t50-,51+,52?,53+,54?,55?,56?,57?,59+,60?,61+,62-,63-,64+,65+,66?,67?,68?,69+,70-,71?,72+,73-,74-,75+,76-,77-,79-/m0/s1. The van der Waals surface area contributed by atoms with E-state index in [2.05, 4.69) is 29.8 Å². The molecule has 5 saturated heterocycles. The minimum Gasteiger partial charge on any atom is -0.477 e. The molecule has 0 saturated carbocycles. The lowest BCUT2D eigenvalue weighted by Crippen LogP contribution is -2.72. The maximum Gasteiger partial charge on any atom is 0.364 e. The van der Waals surface area contributed by atoms with Gasteiger partial charge in [0.05, 0.1) is 63.9 Å². The second-order valence-corrected chi connectivity index (χ2v) is 31.4. The van der Waals surface area contributed by atoms with Gasteiger partial charge in [0.2, 0.25) is 17.7 Å². The molecule has 0 aromatic rings. The molecule has 5 heterocycles. The van der Waals surface area contributed by atoms with E-state index < -0.39 is 235 Å². The van der Waals surface area contributed by atoms with Gasteiger partial charge in [0.1, 0.15) is 116 Å². The minimum absolute atomic E-state index is 0.179. The van der Waals surface area contributed by atoms with E-state index in [1.807, 2.05) is 6.08 Å². The van der Waals surface area contributed by atoms with Crippen LogP contribution in [0.2, 0.25) is 0 Å². The van der Waals surface area contributed by atoms with Gasteiger partial charge in [0.15, 0.2) is 25.2 Å². The molecule has 3 amide bonds. The summed E-state index contributed by atoms with van der Waals surface area (Å²) < 4.78 is 58.9. The summed E-state index contributed by atoms with van der Waals surface area (Å²) >= 11 is 0. The van der Waals surface area contributed by atoms with Gasteiger partial charge in [-0.05, 0) is 19.3 Å². The number of carboxylic acids is 1. The van der Waals surface area contributed by atoms with E-state index in [-0.39, 0.29) is 12.3 Å². The van der Waals surface area contributed by atoms with E-state index in [9.17, 15) is 106 Å². The van der Waals surface area contributed by atoms with Gasteiger partial charge >= 0.3 is 5.97 Å².